The molecule has 0 saturated carbocycles. The van der Waals surface area contributed by atoms with E-state index in [4.69, 9.17) is 0 Å². The highest BCUT2D eigenvalue weighted by molar-refractivity contribution is 6.51. The third-order valence-corrected chi connectivity index (χ3v) is 3.09. The number of carbonyl (C=O) groups excluding carboxylic acids is 1. The second-order valence-electron chi connectivity index (χ2n) is 6.13. The number of nitriles is 1. The first-order valence-electron chi connectivity index (χ1n) is 7.23. The van der Waals surface area contributed by atoms with Gasteiger partial charge in [-0.1, -0.05) is 18.2 Å². The van der Waals surface area contributed by atoms with Crippen LogP contribution in [0.5, 0.6) is 0 Å². The first-order valence-corrected chi connectivity index (χ1v) is 7.23. The highest BCUT2D eigenvalue weighted by Crippen LogP contribution is 2.18. The average Bonchev–Trinajstić information content (AvgIpc) is 2.91. The highest BCUT2D eigenvalue weighted by atomic mass is 16.1. The van der Waals surface area contributed by atoms with Gasteiger partial charge in [0.05, 0.1) is 16.9 Å². The van der Waals surface area contributed by atoms with Crippen molar-refractivity contribution >= 4 is 17.2 Å². The standard InChI is InChI=1S/C17H19N5O/c1-12-10-15(22(21-12)17(2,3)4)16(23)14(11-18)20-19-13-8-6-5-7-9-13/h5-10,19H,1-4H3. The third kappa shape index (κ3) is 3.83. The minimum atomic E-state index is -0.452. The summed E-state index contributed by atoms with van der Waals surface area (Å²) in [6.07, 6.45) is 0. The number of anilines is 1. The van der Waals surface area contributed by atoms with E-state index in [9.17, 15) is 10.1 Å². The van der Waals surface area contributed by atoms with Crippen LogP contribution in [0.25, 0.3) is 0 Å². The van der Waals surface area contributed by atoms with Crippen LogP contribution in [0.4, 0.5) is 5.69 Å². The number of hydrogen-bond donors (Lipinski definition) is 1. The molecule has 1 N–H and O–H groups in total. The van der Waals surface area contributed by atoms with E-state index in [1.807, 2.05) is 52.0 Å². The molecule has 0 amide bonds. The van der Waals surface area contributed by atoms with Crippen LogP contribution in [0.1, 0.15) is 37.0 Å². The van der Waals surface area contributed by atoms with E-state index in [2.05, 4.69) is 15.6 Å². The molecule has 6 nitrogen and oxygen atoms in total. The quantitative estimate of drug-likeness (QED) is 0.534. The van der Waals surface area contributed by atoms with E-state index in [-0.39, 0.29) is 11.3 Å². The zero-order valence-corrected chi connectivity index (χ0v) is 13.7. The SMILES string of the molecule is Cc1cc(C(=O)C(C#N)=NNc2ccccc2)n(C(C)(C)C)n1. The van der Waals surface area contributed by atoms with Gasteiger partial charge in [0, 0.05) is 0 Å². The molecule has 1 heterocycles. The number of para-hydroxylation sites is 1. The Morgan fingerprint density at radius 2 is 1.96 bits per heavy atom. The average molecular weight is 309 g/mol. The van der Waals surface area contributed by atoms with E-state index >= 15 is 0 Å². The highest BCUT2D eigenvalue weighted by Gasteiger charge is 2.25. The van der Waals surface area contributed by atoms with Gasteiger partial charge in [-0.3, -0.25) is 14.9 Å². The molecular weight excluding hydrogens is 290 g/mol. The molecule has 0 atom stereocenters. The number of nitrogens with zero attached hydrogens (tertiary/aromatic N) is 4. The van der Waals surface area contributed by atoms with Crippen LogP contribution >= 0.6 is 0 Å². The second-order valence-corrected chi connectivity index (χ2v) is 6.13. The Morgan fingerprint density at radius 1 is 1.30 bits per heavy atom. The van der Waals surface area contributed by atoms with Crippen LogP contribution in [0.3, 0.4) is 0 Å². The maximum absolute atomic E-state index is 12.6. The third-order valence-electron chi connectivity index (χ3n) is 3.09. The molecule has 0 aliphatic carbocycles. The molecule has 0 fully saturated rings. The number of rotatable bonds is 4. The normalized spacial score (nSPS) is 11.9. The van der Waals surface area contributed by atoms with E-state index in [1.54, 1.807) is 22.9 Å². The smallest absolute Gasteiger partial charge is 0.241 e. The first-order chi connectivity index (χ1) is 10.8. The summed E-state index contributed by atoms with van der Waals surface area (Å²) in [6, 6.07) is 12.7. The Morgan fingerprint density at radius 3 is 2.52 bits per heavy atom. The molecular formula is C17H19N5O. The van der Waals surface area contributed by atoms with Crippen molar-refractivity contribution in [2.24, 2.45) is 5.10 Å². The van der Waals surface area contributed by atoms with Gasteiger partial charge in [0.15, 0.2) is 0 Å². The van der Waals surface area contributed by atoms with E-state index < -0.39 is 5.78 Å². The molecule has 0 bridgehead atoms. The van der Waals surface area contributed by atoms with Gasteiger partial charge < -0.3 is 0 Å². The lowest BCUT2D eigenvalue weighted by Crippen LogP contribution is -2.29. The topological polar surface area (TPSA) is 83.1 Å². The van der Waals surface area contributed by atoms with E-state index in [0.717, 1.165) is 5.69 Å². The van der Waals surface area contributed by atoms with Crippen molar-refractivity contribution in [2.45, 2.75) is 33.2 Å². The van der Waals surface area contributed by atoms with Gasteiger partial charge >= 0.3 is 0 Å². The van der Waals surface area contributed by atoms with Gasteiger partial charge in [-0.15, -0.1) is 0 Å². The molecule has 1 aromatic carbocycles. The first kappa shape index (κ1) is 16.4. The number of hydrazone groups is 1. The molecule has 0 spiro atoms. The maximum atomic E-state index is 12.6. The molecule has 1 aromatic heterocycles. The second kappa shape index (κ2) is 6.44. The van der Waals surface area contributed by atoms with E-state index in [1.165, 1.54) is 0 Å². The zero-order valence-electron chi connectivity index (χ0n) is 13.7. The number of benzene rings is 1. The molecule has 118 valence electrons. The van der Waals surface area contributed by atoms with Crippen molar-refractivity contribution in [2.75, 3.05) is 5.43 Å². The molecule has 0 saturated heterocycles. The summed E-state index contributed by atoms with van der Waals surface area (Å²) in [6.45, 7) is 7.65. The summed E-state index contributed by atoms with van der Waals surface area (Å²) in [5, 5.41) is 17.6. The monoisotopic (exact) mass is 309 g/mol. The van der Waals surface area contributed by atoms with Crippen LogP contribution in [0, 0.1) is 18.3 Å². The van der Waals surface area contributed by atoms with Gasteiger partial charge in [-0.2, -0.15) is 15.5 Å². The van der Waals surface area contributed by atoms with Crippen molar-refractivity contribution in [3.05, 3.63) is 47.8 Å². The Labute approximate surface area is 135 Å². The van der Waals surface area contributed by atoms with Crippen molar-refractivity contribution in [3.63, 3.8) is 0 Å². The molecule has 6 heteroatoms. The van der Waals surface area contributed by atoms with Gasteiger partial charge in [0.2, 0.25) is 11.5 Å². The minimum Gasteiger partial charge on any atom is -0.284 e. The fourth-order valence-corrected chi connectivity index (χ4v) is 2.05. The predicted octanol–water partition coefficient (Wildman–Crippen LogP) is 3.12. The number of ketones is 1. The van der Waals surface area contributed by atoms with Gasteiger partial charge in [0.1, 0.15) is 11.8 Å². The molecule has 0 radical (unpaired) electrons. The Hall–Kier alpha value is -2.94. The van der Waals surface area contributed by atoms with Crippen LogP contribution < -0.4 is 5.43 Å². The summed E-state index contributed by atoms with van der Waals surface area (Å²) in [5.41, 5.74) is 3.92. The lowest BCUT2D eigenvalue weighted by molar-refractivity contribution is 0.105. The Balaban J connectivity index is 2.33. The van der Waals surface area contributed by atoms with Crippen molar-refractivity contribution in [1.29, 1.82) is 5.26 Å². The van der Waals surface area contributed by atoms with Crippen LogP contribution in [-0.2, 0) is 5.54 Å². The maximum Gasteiger partial charge on any atom is 0.241 e. The number of carbonyl (C=O) groups is 1. The van der Waals surface area contributed by atoms with Crippen LogP contribution in [0.15, 0.2) is 41.5 Å². The molecule has 0 aliphatic heterocycles. The van der Waals surface area contributed by atoms with Gasteiger partial charge in [-0.25, -0.2) is 0 Å². The van der Waals surface area contributed by atoms with Crippen molar-refractivity contribution in [1.82, 2.24) is 9.78 Å². The number of hydrogen-bond acceptors (Lipinski definition) is 5. The van der Waals surface area contributed by atoms with E-state index in [0.29, 0.717) is 11.4 Å². The molecule has 0 aliphatic rings. The summed E-state index contributed by atoms with van der Waals surface area (Å²) in [4.78, 5) is 12.6. The van der Waals surface area contributed by atoms with Crippen LogP contribution in [0.2, 0.25) is 0 Å². The Kier molecular flexibility index (Phi) is 4.60. The van der Waals surface area contributed by atoms with Gasteiger partial charge in [-0.05, 0) is 45.9 Å². The largest absolute Gasteiger partial charge is 0.284 e. The fraction of sp³-hybridized carbons (Fsp3) is 0.294. The molecule has 0 unspecified atom stereocenters. The predicted molar refractivity (Wildman–Crippen MR) is 89.4 cm³/mol. The Bertz CT molecular complexity index is 776. The zero-order chi connectivity index (χ0) is 17.0. The summed E-state index contributed by atoms with van der Waals surface area (Å²) < 4.78 is 1.63. The number of Topliss-reactive ketones (excluding diaryl/α,β-unsaturated/α-hetero) is 1. The van der Waals surface area contributed by atoms with Crippen molar-refractivity contribution in [3.8, 4) is 6.07 Å². The fourth-order valence-electron chi connectivity index (χ4n) is 2.05. The molecule has 23 heavy (non-hydrogen) atoms. The van der Waals surface area contributed by atoms with Gasteiger partial charge in [0.25, 0.3) is 0 Å². The number of aryl methyl sites for hydroxylation is 1. The molecule has 2 rings (SSSR count). The number of nitrogens with one attached hydrogen (secondary N) is 1. The lowest BCUT2D eigenvalue weighted by atomic mass is 10.1. The lowest BCUT2D eigenvalue weighted by Gasteiger charge is -2.21. The molecule has 2 aromatic rings. The summed E-state index contributed by atoms with van der Waals surface area (Å²) in [7, 11) is 0. The minimum absolute atomic E-state index is 0.209. The summed E-state index contributed by atoms with van der Waals surface area (Å²) >= 11 is 0. The van der Waals surface area contributed by atoms with Crippen molar-refractivity contribution < 1.29 is 4.79 Å². The van der Waals surface area contributed by atoms with Crippen LogP contribution in [-0.4, -0.2) is 21.3 Å². The number of aromatic nitrogens is 2. The summed E-state index contributed by atoms with van der Waals surface area (Å²) in [5.74, 6) is -0.452.